The molecular formula is C12H27NO7Si. The SMILES string of the molecule is COO[Si](OCCCNC1CCCCC1)(OOC)OOC. The largest absolute Gasteiger partial charge is 0.764 e. The minimum absolute atomic E-state index is 0.377. The van der Waals surface area contributed by atoms with Crippen LogP contribution in [0.4, 0.5) is 0 Å². The van der Waals surface area contributed by atoms with Crippen molar-refractivity contribution >= 4 is 9.05 Å². The van der Waals surface area contributed by atoms with Gasteiger partial charge in [0, 0.05) is 12.6 Å². The molecule has 0 radical (unpaired) electrons. The molecule has 126 valence electrons. The van der Waals surface area contributed by atoms with Gasteiger partial charge in [0.15, 0.2) is 0 Å². The fourth-order valence-corrected chi connectivity index (χ4v) is 3.54. The lowest BCUT2D eigenvalue weighted by atomic mass is 9.95. The van der Waals surface area contributed by atoms with Crippen molar-refractivity contribution in [2.75, 3.05) is 34.5 Å². The molecule has 1 saturated carbocycles. The maximum Gasteiger partial charge on any atom is 0.764 e. The quantitative estimate of drug-likeness (QED) is 0.250. The summed E-state index contributed by atoms with van der Waals surface area (Å²) in [6.07, 6.45) is 7.28. The minimum Gasteiger partial charge on any atom is -0.347 e. The predicted octanol–water partition coefficient (Wildman–Crippen LogP) is 1.48. The third kappa shape index (κ3) is 7.63. The van der Waals surface area contributed by atoms with Crippen LogP contribution in [0.1, 0.15) is 38.5 Å². The van der Waals surface area contributed by atoms with Crippen molar-refractivity contribution < 1.29 is 32.8 Å². The van der Waals surface area contributed by atoms with Gasteiger partial charge in [0.2, 0.25) is 0 Å². The summed E-state index contributed by atoms with van der Waals surface area (Å²) in [7, 11) is 0.402. The molecule has 0 amide bonds. The summed E-state index contributed by atoms with van der Waals surface area (Å²) in [6, 6.07) is 0.626. The zero-order valence-corrected chi connectivity index (χ0v) is 14.1. The summed E-state index contributed by atoms with van der Waals surface area (Å²) in [4.78, 5) is 13.7. The van der Waals surface area contributed by atoms with Crippen LogP contribution in [0.3, 0.4) is 0 Å². The van der Waals surface area contributed by atoms with E-state index in [1.807, 2.05) is 0 Å². The fraction of sp³-hybridized carbons (Fsp3) is 1.00. The Kier molecular flexibility index (Phi) is 10.3. The average molecular weight is 325 g/mol. The Labute approximate surface area is 127 Å². The van der Waals surface area contributed by atoms with Crippen LogP contribution in [0, 0.1) is 0 Å². The molecule has 1 N–H and O–H groups in total. The molecule has 8 nitrogen and oxygen atoms in total. The summed E-state index contributed by atoms with van der Waals surface area (Å²) in [6.45, 7) is 1.24. The summed E-state index contributed by atoms with van der Waals surface area (Å²) in [5, 5.41) is 3.52. The van der Waals surface area contributed by atoms with Crippen LogP contribution in [0.5, 0.6) is 0 Å². The van der Waals surface area contributed by atoms with E-state index in [9.17, 15) is 0 Å². The van der Waals surface area contributed by atoms with Crippen LogP contribution in [-0.4, -0.2) is 49.6 Å². The van der Waals surface area contributed by atoms with Crippen LogP contribution >= 0.6 is 0 Å². The van der Waals surface area contributed by atoms with E-state index in [1.54, 1.807) is 0 Å². The van der Waals surface area contributed by atoms with Crippen molar-refractivity contribution in [2.24, 2.45) is 0 Å². The summed E-state index contributed by atoms with van der Waals surface area (Å²) in [5.41, 5.74) is 0. The van der Waals surface area contributed by atoms with Crippen LogP contribution < -0.4 is 5.32 Å². The first-order chi connectivity index (χ1) is 10.3. The van der Waals surface area contributed by atoms with E-state index in [1.165, 1.54) is 53.4 Å². The normalized spacial score (nSPS) is 17.3. The molecule has 0 aliphatic heterocycles. The molecule has 0 spiro atoms. The van der Waals surface area contributed by atoms with Crippen molar-refractivity contribution in [3.63, 3.8) is 0 Å². The van der Waals surface area contributed by atoms with Gasteiger partial charge in [-0.1, -0.05) is 19.3 Å². The van der Waals surface area contributed by atoms with Gasteiger partial charge < -0.3 is 9.74 Å². The van der Waals surface area contributed by atoms with Crippen LogP contribution in [0.15, 0.2) is 0 Å². The summed E-state index contributed by atoms with van der Waals surface area (Å²) in [5.74, 6) is 0. The van der Waals surface area contributed by atoms with E-state index in [-0.39, 0.29) is 0 Å². The van der Waals surface area contributed by atoms with Crippen molar-refractivity contribution in [3.05, 3.63) is 0 Å². The van der Waals surface area contributed by atoms with E-state index in [2.05, 4.69) is 20.0 Å². The number of rotatable bonds is 12. The predicted molar refractivity (Wildman–Crippen MR) is 75.5 cm³/mol. The zero-order chi connectivity index (χ0) is 15.4. The number of hydrogen-bond donors (Lipinski definition) is 1. The van der Waals surface area contributed by atoms with Gasteiger partial charge in [0.05, 0.1) is 21.3 Å². The van der Waals surface area contributed by atoms with Gasteiger partial charge in [-0.2, -0.15) is 13.7 Å². The van der Waals surface area contributed by atoms with Crippen molar-refractivity contribution in [1.29, 1.82) is 0 Å². The molecular weight excluding hydrogens is 298 g/mol. The monoisotopic (exact) mass is 325 g/mol. The topological polar surface area (TPSA) is 76.6 Å². The molecule has 1 aliphatic carbocycles. The first-order valence-corrected chi connectivity index (χ1v) is 8.92. The molecule has 0 aromatic heterocycles. The van der Waals surface area contributed by atoms with Gasteiger partial charge in [0.1, 0.15) is 0 Å². The van der Waals surface area contributed by atoms with Gasteiger partial charge in [-0.05, 0) is 25.8 Å². The van der Waals surface area contributed by atoms with Crippen LogP contribution in [-0.2, 0) is 32.8 Å². The molecule has 0 atom stereocenters. The van der Waals surface area contributed by atoms with Gasteiger partial charge in [-0.3, -0.25) is 0 Å². The molecule has 1 fully saturated rings. The van der Waals surface area contributed by atoms with E-state index in [0.717, 1.165) is 13.0 Å². The second-order valence-electron chi connectivity index (χ2n) is 4.74. The Morgan fingerprint density at radius 2 is 1.48 bits per heavy atom. The standard InChI is InChI=1S/C12H27NO7Si/c1-14-18-21(19-15-2,20-16-3)17-11-7-10-13-12-8-5-4-6-9-12/h12-13H,4-11H2,1-3H3. The number of nitrogens with one attached hydrogen (secondary N) is 1. The van der Waals surface area contributed by atoms with E-state index >= 15 is 0 Å². The highest BCUT2D eigenvalue weighted by atomic mass is 28.4. The van der Waals surface area contributed by atoms with Crippen LogP contribution in [0.2, 0.25) is 0 Å². The van der Waals surface area contributed by atoms with E-state index in [4.69, 9.17) is 18.2 Å². The molecule has 0 saturated heterocycles. The van der Waals surface area contributed by atoms with Gasteiger partial charge in [-0.15, -0.1) is 0 Å². The molecule has 1 rings (SSSR count). The van der Waals surface area contributed by atoms with Gasteiger partial charge >= 0.3 is 9.05 Å². The lowest BCUT2D eigenvalue weighted by Gasteiger charge is -2.24. The Morgan fingerprint density at radius 3 is 2.00 bits per heavy atom. The molecule has 21 heavy (non-hydrogen) atoms. The maximum atomic E-state index is 5.50. The fourth-order valence-electron chi connectivity index (χ4n) is 2.30. The second kappa shape index (κ2) is 11.5. The minimum atomic E-state index is -3.58. The molecule has 9 heteroatoms. The average Bonchev–Trinajstić information content (AvgIpc) is 2.49. The van der Waals surface area contributed by atoms with Crippen molar-refractivity contribution in [1.82, 2.24) is 5.32 Å². The Bertz CT molecular complexity index is 237. The summed E-state index contributed by atoms with van der Waals surface area (Å²) >= 11 is 0. The molecule has 0 heterocycles. The first-order valence-electron chi connectivity index (χ1n) is 7.29. The van der Waals surface area contributed by atoms with Crippen molar-refractivity contribution in [2.45, 2.75) is 44.6 Å². The Balaban J connectivity index is 2.21. The lowest BCUT2D eigenvalue weighted by Crippen LogP contribution is -2.49. The molecule has 1 aliphatic rings. The molecule has 0 aromatic carbocycles. The van der Waals surface area contributed by atoms with Gasteiger partial charge in [-0.25, -0.2) is 14.7 Å². The smallest absolute Gasteiger partial charge is 0.347 e. The third-order valence-corrected chi connectivity index (χ3v) is 4.86. The first kappa shape index (κ1) is 18.9. The Hall–Kier alpha value is -0.103. The molecule has 0 bridgehead atoms. The van der Waals surface area contributed by atoms with Crippen molar-refractivity contribution in [3.8, 4) is 0 Å². The second-order valence-corrected chi connectivity index (χ2v) is 6.53. The highest BCUT2D eigenvalue weighted by Crippen LogP contribution is 2.17. The molecule has 0 aromatic rings. The number of hydrogen-bond acceptors (Lipinski definition) is 8. The maximum absolute atomic E-state index is 5.50. The third-order valence-electron chi connectivity index (χ3n) is 3.19. The molecule has 0 unspecified atom stereocenters. The summed E-state index contributed by atoms with van der Waals surface area (Å²) < 4.78 is 20.2. The highest BCUT2D eigenvalue weighted by molar-refractivity contribution is 6.52. The van der Waals surface area contributed by atoms with Gasteiger partial charge in [0.25, 0.3) is 0 Å². The van der Waals surface area contributed by atoms with E-state index < -0.39 is 9.05 Å². The van der Waals surface area contributed by atoms with Crippen LogP contribution in [0.25, 0.3) is 0 Å². The van der Waals surface area contributed by atoms with E-state index in [0.29, 0.717) is 12.6 Å². The highest BCUT2D eigenvalue weighted by Gasteiger charge is 2.51. The lowest BCUT2D eigenvalue weighted by molar-refractivity contribution is -0.370. The zero-order valence-electron chi connectivity index (χ0n) is 13.1. The Morgan fingerprint density at radius 1 is 0.905 bits per heavy atom.